The number of esters is 1. The first-order chi connectivity index (χ1) is 13.9. The van der Waals surface area contributed by atoms with E-state index < -0.39 is 23.9 Å². The molecule has 0 aliphatic heterocycles. The number of amides is 2. The molecule has 1 aromatic carbocycles. The van der Waals surface area contributed by atoms with E-state index in [1.165, 1.54) is 7.11 Å². The minimum atomic E-state index is -0.636. The van der Waals surface area contributed by atoms with Crippen LogP contribution in [0.15, 0.2) is 18.2 Å². The molecule has 0 atom stereocenters. The van der Waals surface area contributed by atoms with Gasteiger partial charge in [0.2, 0.25) is 5.91 Å². The Morgan fingerprint density at radius 3 is 2.33 bits per heavy atom. The summed E-state index contributed by atoms with van der Waals surface area (Å²) < 4.78 is 10.3. The van der Waals surface area contributed by atoms with Crippen molar-refractivity contribution in [2.24, 2.45) is 5.41 Å². The van der Waals surface area contributed by atoms with Gasteiger partial charge in [0, 0.05) is 16.5 Å². The average Bonchev–Trinajstić information content (AvgIpc) is 3.02. The fraction of sp³-hybridized carbons (Fsp3) is 0.381. The molecule has 2 N–H and O–H groups in total. The molecule has 0 radical (unpaired) electrons. The predicted molar refractivity (Wildman–Crippen MR) is 119 cm³/mol. The Kier molecular flexibility index (Phi) is 7.49. The van der Waals surface area contributed by atoms with E-state index in [4.69, 9.17) is 21.1 Å². The number of aryl methyl sites for hydroxylation is 2. The second kappa shape index (κ2) is 9.49. The summed E-state index contributed by atoms with van der Waals surface area (Å²) in [6, 6.07) is 4.97. The van der Waals surface area contributed by atoms with Gasteiger partial charge in [0.15, 0.2) is 6.61 Å². The summed E-state index contributed by atoms with van der Waals surface area (Å²) in [7, 11) is 1.46. The summed E-state index contributed by atoms with van der Waals surface area (Å²) in [4.78, 5) is 37.1. The van der Waals surface area contributed by atoms with Crippen molar-refractivity contribution < 1.29 is 23.9 Å². The van der Waals surface area contributed by atoms with Crippen LogP contribution >= 0.6 is 22.9 Å². The van der Waals surface area contributed by atoms with Crippen molar-refractivity contribution in [3.8, 4) is 5.75 Å². The second-order valence-electron chi connectivity index (χ2n) is 7.75. The molecule has 2 amide bonds. The van der Waals surface area contributed by atoms with Crippen LogP contribution in [0.25, 0.3) is 0 Å². The minimum Gasteiger partial charge on any atom is -0.495 e. The number of thiophene rings is 1. The maximum absolute atomic E-state index is 12.4. The van der Waals surface area contributed by atoms with Gasteiger partial charge in [0.05, 0.1) is 17.8 Å². The normalized spacial score (nSPS) is 11.0. The summed E-state index contributed by atoms with van der Waals surface area (Å²) in [6.07, 6.45) is 0. The molecule has 0 unspecified atom stereocenters. The zero-order valence-corrected chi connectivity index (χ0v) is 19.3. The quantitative estimate of drug-likeness (QED) is 0.613. The Morgan fingerprint density at radius 2 is 1.73 bits per heavy atom. The third kappa shape index (κ3) is 5.96. The second-order valence-corrected chi connectivity index (χ2v) is 9.21. The molecule has 0 spiro atoms. The van der Waals surface area contributed by atoms with Gasteiger partial charge in [-0.05, 0) is 37.1 Å². The first-order valence-corrected chi connectivity index (χ1v) is 10.3. The SMILES string of the molecule is COc1cc(Cl)c(C)cc1NC(=O)COC(=O)c1sc(NC(=O)C(C)(C)C)cc1C. The van der Waals surface area contributed by atoms with E-state index in [0.717, 1.165) is 16.9 Å². The van der Waals surface area contributed by atoms with Crippen molar-refractivity contribution in [1.82, 2.24) is 0 Å². The zero-order valence-electron chi connectivity index (χ0n) is 17.8. The highest BCUT2D eigenvalue weighted by molar-refractivity contribution is 7.18. The fourth-order valence-corrected chi connectivity index (χ4v) is 3.47. The van der Waals surface area contributed by atoms with Crippen LogP contribution in [0.3, 0.4) is 0 Å². The highest BCUT2D eigenvalue weighted by atomic mass is 35.5. The van der Waals surface area contributed by atoms with Gasteiger partial charge in [-0.25, -0.2) is 4.79 Å². The molecule has 162 valence electrons. The van der Waals surface area contributed by atoms with Gasteiger partial charge in [-0.1, -0.05) is 32.4 Å². The number of methoxy groups -OCH3 is 1. The van der Waals surface area contributed by atoms with Crippen LogP contribution in [0.5, 0.6) is 5.75 Å². The molecule has 1 aromatic heterocycles. The molecule has 0 aliphatic rings. The highest BCUT2D eigenvalue weighted by Gasteiger charge is 2.23. The third-order valence-corrected chi connectivity index (χ3v) is 5.65. The molecule has 9 heteroatoms. The molecule has 1 heterocycles. The number of ether oxygens (including phenoxy) is 2. The van der Waals surface area contributed by atoms with E-state index in [1.807, 2.05) is 0 Å². The third-order valence-electron chi connectivity index (χ3n) is 4.11. The van der Waals surface area contributed by atoms with Crippen LogP contribution in [-0.4, -0.2) is 31.5 Å². The molecule has 0 fully saturated rings. The number of benzene rings is 1. The number of carbonyl (C=O) groups excluding carboxylic acids is 3. The number of nitrogens with one attached hydrogen (secondary N) is 2. The molecule has 0 aliphatic carbocycles. The Bertz CT molecular complexity index is 979. The first-order valence-electron chi connectivity index (χ1n) is 9.15. The van der Waals surface area contributed by atoms with Crippen molar-refractivity contribution in [2.45, 2.75) is 34.6 Å². The molecule has 2 rings (SSSR count). The number of hydrogen-bond donors (Lipinski definition) is 2. The van der Waals surface area contributed by atoms with Crippen LogP contribution in [0.2, 0.25) is 5.02 Å². The van der Waals surface area contributed by atoms with Crippen LogP contribution in [0.4, 0.5) is 10.7 Å². The number of anilines is 2. The van der Waals surface area contributed by atoms with Gasteiger partial charge in [-0.15, -0.1) is 11.3 Å². The molecule has 30 heavy (non-hydrogen) atoms. The average molecular weight is 453 g/mol. The largest absolute Gasteiger partial charge is 0.495 e. The summed E-state index contributed by atoms with van der Waals surface area (Å²) >= 11 is 7.16. The van der Waals surface area contributed by atoms with Crippen LogP contribution in [0.1, 0.15) is 41.6 Å². The van der Waals surface area contributed by atoms with Crippen LogP contribution in [-0.2, 0) is 14.3 Å². The Hall–Kier alpha value is -2.58. The van der Waals surface area contributed by atoms with Gasteiger partial charge in [0.1, 0.15) is 10.6 Å². The van der Waals surface area contributed by atoms with E-state index in [2.05, 4.69) is 10.6 Å². The fourth-order valence-electron chi connectivity index (χ4n) is 2.36. The van der Waals surface area contributed by atoms with Gasteiger partial charge in [0.25, 0.3) is 5.91 Å². The van der Waals surface area contributed by atoms with Gasteiger partial charge >= 0.3 is 5.97 Å². The van der Waals surface area contributed by atoms with Crippen molar-refractivity contribution >= 4 is 51.4 Å². The molecule has 7 nitrogen and oxygen atoms in total. The number of hydrogen-bond acceptors (Lipinski definition) is 6. The smallest absolute Gasteiger partial charge is 0.349 e. The van der Waals surface area contributed by atoms with E-state index in [0.29, 0.717) is 31.9 Å². The van der Waals surface area contributed by atoms with Crippen LogP contribution < -0.4 is 15.4 Å². The summed E-state index contributed by atoms with van der Waals surface area (Å²) in [5.41, 5.74) is 1.30. The molecule has 0 bridgehead atoms. The maximum Gasteiger partial charge on any atom is 0.349 e. The first kappa shape index (κ1) is 23.7. The lowest BCUT2D eigenvalue weighted by Gasteiger charge is -2.16. The number of halogens is 1. The van der Waals surface area contributed by atoms with Crippen molar-refractivity contribution in [3.63, 3.8) is 0 Å². The Labute approximate surface area is 184 Å². The van der Waals surface area contributed by atoms with E-state index in [1.54, 1.807) is 52.8 Å². The van der Waals surface area contributed by atoms with Crippen molar-refractivity contribution in [2.75, 3.05) is 24.4 Å². The standard InChI is InChI=1S/C21H25ClN2O5S/c1-11-7-14(15(28-6)9-13(11)22)23-16(25)10-29-19(26)18-12(2)8-17(30-18)24-20(27)21(3,4)5/h7-9H,10H2,1-6H3,(H,23,25)(H,24,27). The predicted octanol–water partition coefficient (Wildman–Crippen LogP) is 4.81. The molecule has 0 saturated carbocycles. The van der Waals surface area contributed by atoms with Gasteiger partial charge in [-0.3, -0.25) is 9.59 Å². The summed E-state index contributed by atoms with van der Waals surface area (Å²) in [5, 5.41) is 6.49. The van der Waals surface area contributed by atoms with E-state index in [9.17, 15) is 14.4 Å². The lowest BCUT2D eigenvalue weighted by molar-refractivity contribution is -0.123. The maximum atomic E-state index is 12.4. The van der Waals surface area contributed by atoms with Crippen molar-refractivity contribution in [1.29, 1.82) is 0 Å². The molecule has 0 saturated heterocycles. The Balaban J connectivity index is 2.00. The number of rotatable bonds is 6. The molecular weight excluding hydrogens is 428 g/mol. The zero-order chi connectivity index (χ0) is 22.6. The molecule has 2 aromatic rings. The monoisotopic (exact) mass is 452 g/mol. The van der Waals surface area contributed by atoms with Crippen molar-refractivity contribution in [3.05, 3.63) is 39.2 Å². The molecular formula is C21H25ClN2O5S. The van der Waals surface area contributed by atoms with Crippen LogP contribution in [0, 0.1) is 19.3 Å². The lowest BCUT2D eigenvalue weighted by atomic mass is 9.96. The van der Waals surface area contributed by atoms with E-state index in [-0.39, 0.29) is 5.91 Å². The highest BCUT2D eigenvalue weighted by Crippen LogP contribution is 2.31. The lowest BCUT2D eigenvalue weighted by Crippen LogP contribution is -2.27. The number of carbonyl (C=O) groups is 3. The summed E-state index contributed by atoms with van der Waals surface area (Å²) in [5.74, 6) is -0.907. The van der Waals surface area contributed by atoms with Gasteiger partial charge in [-0.2, -0.15) is 0 Å². The van der Waals surface area contributed by atoms with E-state index >= 15 is 0 Å². The summed E-state index contributed by atoms with van der Waals surface area (Å²) in [6.45, 7) is 8.47. The minimum absolute atomic E-state index is 0.157. The topological polar surface area (TPSA) is 93.7 Å². The van der Waals surface area contributed by atoms with Gasteiger partial charge < -0.3 is 20.1 Å². The Morgan fingerprint density at radius 1 is 1.07 bits per heavy atom.